The summed E-state index contributed by atoms with van der Waals surface area (Å²) in [7, 11) is 0. The van der Waals surface area contributed by atoms with E-state index in [1.807, 2.05) is 6.07 Å². The predicted octanol–water partition coefficient (Wildman–Crippen LogP) is -0.571. The average molecular weight is 251 g/mol. The van der Waals surface area contributed by atoms with Crippen molar-refractivity contribution in [2.24, 2.45) is 5.73 Å². The maximum atomic E-state index is 11.5. The molecular formula is C12H17N3O3. The van der Waals surface area contributed by atoms with E-state index in [2.05, 4.69) is 5.32 Å². The highest BCUT2D eigenvalue weighted by Gasteiger charge is 2.03. The summed E-state index contributed by atoms with van der Waals surface area (Å²) in [6, 6.07) is 7.15. The third kappa shape index (κ3) is 5.86. The summed E-state index contributed by atoms with van der Waals surface area (Å²) in [5, 5.41) is 2.67. The van der Waals surface area contributed by atoms with Crippen molar-refractivity contribution in [2.75, 3.05) is 25.5 Å². The molecule has 0 saturated heterocycles. The Hall–Kier alpha value is -2.08. The SMILES string of the molecule is NC(=O)COCCNC(=O)Cc1cccc(N)c1. The van der Waals surface area contributed by atoms with E-state index >= 15 is 0 Å². The second-order valence-electron chi connectivity index (χ2n) is 3.79. The maximum absolute atomic E-state index is 11.5. The Morgan fingerprint density at radius 1 is 1.33 bits per heavy atom. The molecule has 0 aliphatic heterocycles. The van der Waals surface area contributed by atoms with E-state index in [-0.39, 0.29) is 25.5 Å². The van der Waals surface area contributed by atoms with Crippen LogP contribution >= 0.6 is 0 Å². The number of anilines is 1. The number of carbonyl (C=O) groups excluding carboxylic acids is 2. The van der Waals surface area contributed by atoms with Gasteiger partial charge in [-0.2, -0.15) is 0 Å². The zero-order valence-corrected chi connectivity index (χ0v) is 10.0. The molecule has 1 rings (SSSR count). The van der Waals surface area contributed by atoms with Gasteiger partial charge in [-0.05, 0) is 17.7 Å². The van der Waals surface area contributed by atoms with Gasteiger partial charge in [-0.25, -0.2) is 0 Å². The van der Waals surface area contributed by atoms with E-state index in [1.54, 1.807) is 18.2 Å². The van der Waals surface area contributed by atoms with Crippen molar-refractivity contribution in [3.05, 3.63) is 29.8 Å². The molecule has 0 fully saturated rings. The molecule has 0 heterocycles. The van der Waals surface area contributed by atoms with Gasteiger partial charge < -0.3 is 21.5 Å². The zero-order valence-electron chi connectivity index (χ0n) is 10.0. The highest BCUT2D eigenvalue weighted by Crippen LogP contribution is 2.06. The van der Waals surface area contributed by atoms with Crippen LogP contribution in [0.15, 0.2) is 24.3 Å². The molecule has 0 aliphatic rings. The first-order chi connectivity index (χ1) is 8.58. The molecule has 0 aliphatic carbocycles. The normalized spacial score (nSPS) is 10.0. The number of ether oxygens (including phenoxy) is 1. The Morgan fingerprint density at radius 2 is 2.11 bits per heavy atom. The highest BCUT2D eigenvalue weighted by molar-refractivity contribution is 5.78. The van der Waals surface area contributed by atoms with Crippen LogP contribution in [0.5, 0.6) is 0 Å². The van der Waals surface area contributed by atoms with Gasteiger partial charge in [0.2, 0.25) is 11.8 Å². The molecule has 1 aromatic rings. The van der Waals surface area contributed by atoms with Crippen LogP contribution in [0.2, 0.25) is 0 Å². The number of carbonyl (C=O) groups is 2. The molecule has 2 amide bonds. The molecule has 0 aromatic heterocycles. The number of benzene rings is 1. The minimum Gasteiger partial charge on any atom is -0.399 e. The van der Waals surface area contributed by atoms with Crippen molar-refractivity contribution >= 4 is 17.5 Å². The van der Waals surface area contributed by atoms with E-state index in [9.17, 15) is 9.59 Å². The molecule has 6 heteroatoms. The van der Waals surface area contributed by atoms with Crippen molar-refractivity contribution < 1.29 is 14.3 Å². The largest absolute Gasteiger partial charge is 0.399 e. The number of nitrogens with one attached hydrogen (secondary N) is 1. The monoisotopic (exact) mass is 251 g/mol. The summed E-state index contributed by atoms with van der Waals surface area (Å²) in [6.45, 7) is 0.463. The highest BCUT2D eigenvalue weighted by atomic mass is 16.5. The fraction of sp³-hybridized carbons (Fsp3) is 0.333. The number of primary amides is 1. The van der Waals surface area contributed by atoms with Gasteiger partial charge in [0, 0.05) is 12.2 Å². The molecule has 0 saturated carbocycles. The standard InChI is InChI=1S/C12H17N3O3/c13-10-3-1-2-9(6-10)7-12(17)15-4-5-18-8-11(14)16/h1-3,6H,4-5,7-8,13H2,(H2,14,16)(H,15,17). The van der Waals surface area contributed by atoms with Gasteiger partial charge in [-0.15, -0.1) is 0 Å². The van der Waals surface area contributed by atoms with Gasteiger partial charge >= 0.3 is 0 Å². The minimum absolute atomic E-state index is 0.122. The van der Waals surface area contributed by atoms with Gasteiger partial charge in [-0.1, -0.05) is 12.1 Å². The van der Waals surface area contributed by atoms with Crippen LogP contribution < -0.4 is 16.8 Å². The van der Waals surface area contributed by atoms with Gasteiger partial charge in [0.05, 0.1) is 13.0 Å². The first-order valence-electron chi connectivity index (χ1n) is 5.55. The Morgan fingerprint density at radius 3 is 2.78 bits per heavy atom. The Balaban J connectivity index is 2.20. The molecule has 18 heavy (non-hydrogen) atoms. The fourth-order valence-electron chi connectivity index (χ4n) is 1.39. The lowest BCUT2D eigenvalue weighted by atomic mass is 10.1. The van der Waals surface area contributed by atoms with Gasteiger partial charge in [0.1, 0.15) is 6.61 Å². The summed E-state index contributed by atoms with van der Waals surface area (Å²) in [4.78, 5) is 21.9. The van der Waals surface area contributed by atoms with Gasteiger partial charge in [-0.3, -0.25) is 9.59 Å². The number of hydrogen-bond acceptors (Lipinski definition) is 4. The van der Waals surface area contributed by atoms with Crippen LogP contribution in [0.4, 0.5) is 5.69 Å². The number of nitrogen functional groups attached to an aromatic ring is 1. The Labute approximate surface area is 105 Å². The molecule has 1 aromatic carbocycles. The van der Waals surface area contributed by atoms with Crippen molar-refractivity contribution in [3.63, 3.8) is 0 Å². The quantitative estimate of drug-likeness (QED) is 0.445. The average Bonchev–Trinajstić information content (AvgIpc) is 2.28. The van der Waals surface area contributed by atoms with Crippen LogP contribution in [0.1, 0.15) is 5.56 Å². The van der Waals surface area contributed by atoms with Crippen LogP contribution in [0, 0.1) is 0 Å². The van der Waals surface area contributed by atoms with E-state index in [4.69, 9.17) is 16.2 Å². The molecule has 0 atom stereocenters. The van der Waals surface area contributed by atoms with Crippen molar-refractivity contribution in [2.45, 2.75) is 6.42 Å². The number of nitrogens with two attached hydrogens (primary N) is 2. The summed E-state index contributed by atoms with van der Waals surface area (Å²) >= 11 is 0. The fourth-order valence-corrected chi connectivity index (χ4v) is 1.39. The second kappa shape index (κ2) is 7.29. The van der Waals surface area contributed by atoms with Crippen molar-refractivity contribution in [1.82, 2.24) is 5.32 Å². The Kier molecular flexibility index (Phi) is 5.66. The lowest BCUT2D eigenvalue weighted by Crippen LogP contribution is -2.29. The van der Waals surface area contributed by atoms with Crippen molar-refractivity contribution in [1.29, 1.82) is 0 Å². The molecule has 6 nitrogen and oxygen atoms in total. The minimum atomic E-state index is -0.527. The summed E-state index contributed by atoms with van der Waals surface area (Å²) in [6.07, 6.45) is 0.265. The molecule has 5 N–H and O–H groups in total. The van der Waals surface area contributed by atoms with Gasteiger partial charge in [0.15, 0.2) is 0 Å². The lowest BCUT2D eigenvalue weighted by molar-refractivity contribution is -0.122. The van der Waals surface area contributed by atoms with Crippen LogP contribution in [0.3, 0.4) is 0 Å². The lowest BCUT2D eigenvalue weighted by Gasteiger charge is -2.06. The number of hydrogen-bond donors (Lipinski definition) is 3. The summed E-state index contributed by atoms with van der Waals surface area (Å²) in [5.74, 6) is -0.649. The Bertz CT molecular complexity index is 421. The smallest absolute Gasteiger partial charge is 0.243 e. The molecule has 0 radical (unpaired) electrons. The van der Waals surface area contributed by atoms with Crippen molar-refractivity contribution in [3.8, 4) is 0 Å². The third-order valence-electron chi connectivity index (χ3n) is 2.13. The van der Waals surface area contributed by atoms with E-state index in [0.717, 1.165) is 5.56 Å². The van der Waals surface area contributed by atoms with Crippen LogP contribution in [-0.4, -0.2) is 31.6 Å². The zero-order chi connectivity index (χ0) is 13.4. The predicted molar refractivity (Wildman–Crippen MR) is 67.6 cm³/mol. The van der Waals surface area contributed by atoms with Crippen LogP contribution in [-0.2, 0) is 20.7 Å². The van der Waals surface area contributed by atoms with Crippen LogP contribution in [0.25, 0.3) is 0 Å². The third-order valence-corrected chi connectivity index (χ3v) is 2.13. The van der Waals surface area contributed by atoms with E-state index in [0.29, 0.717) is 12.2 Å². The molecule has 0 spiro atoms. The van der Waals surface area contributed by atoms with Gasteiger partial charge in [0.25, 0.3) is 0 Å². The summed E-state index contributed by atoms with van der Waals surface area (Å²) in [5.41, 5.74) is 12.0. The number of rotatable bonds is 7. The molecule has 0 unspecified atom stereocenters. The molecule has 0 bridgehead atoms. The topological polar surface area (TPSA) is 107 Å². The van der Waals surface area contributed by atoms with E-state index < -0.39 is 5.91 Å². The van der Waals surface area contributed by atoms with E-state index in [1.165, 1.54) is 0 Å². The second-order valence-corrected chi connectivity index (χ2v) is 3.79. The first kappa shape index (κ1) is 14.0. The molecular weight excluding hydrogens is 234 g/mol. The molecule has 98 valence electrons. The number of amides is 2. The maximum Gasteiger partial charge on any atom is 0.243 e. The first-order valence-corrected chi connectivity index (χ1v) is 5.55. The summed E-state index contributed by atoms with van der Waals surface area (Å²) < 4.78 is 4.91.